The summed E-state index contributed by atoms with van der Waals surface area (Å²) in [6.45, 7) is 0.523. The van der Waals surface area contributed by atoms with Gasteiger partial charge in [0.25, 0.3) is 0 Å². The van der Waals surface area contributed by atoms with Gasteiger partial charge in [-0.2, -0.15) is 13.2 Å². The summed E-state index contributed by atoms with van der Waals surface area (Å²) in [5.41, 5.74) is 0. The lowest BCUT2D eigenvalue weighted by atomic mass is 10.1. The van der Waals surface area contributed by atoms with Crippen LogP contribution >= 0.6 is 0 Å². The van der Waals surface area contributed by atoms with Crippen LogP contribution in [0.1, 0.15) is 6.92 Å². The number of hydrogen-bond acceptors (Lipinski definition) is 3. The molecule has 7 heteroatoms. The lowest BCUT2D eigenvalue weighted by molar-refractivity contribution is -0.221. The van der Waals surface area contributed by atoms with Gasteiger partial charge < -0.3 is 0 Å². The van der Waals surface area contributed by atoms with Crippen LogP contribution in [0.2, 0.25) is 0 Å². The Labute approximate surface area is 64.2 Å². The van der Waals surface area contributed by atoms with E-state index in [0.717, 1.165) is 0 Å². The highest BCUT2D eigenvalue weighted by Gasteiger charge is 2.50. The van der Waals surface area contributed by atoms with Gasteiger partial charge in [0.2, 0.25) is 5.92 Å². The molecule has 0 bridgehead atoms. The predicted octanol–water partition coefficient (Wildman–Crippen LogP) is 1.18. The molecule has 70 valence electrons. The van der Waals surface area contributed by atoms with E-state index in [1.807, 2.05) is 0 Å². The van der Waals surface area contributed by atoms with Crippen LogP contribution in [-0.2, 0) is 14.5 Å². The highest BCUT2D eigenvalue weighted by Crippen LogP contribution is 2.27. The van der Waals surface area contributed by atoms with Crippen molar-refractivity contribution in [3.05, 3.63) is 0 Å². The second-order valence-electron chi connectivity index (χ2n) is 1.98. The van der Waals surface area contributed by atoms with E-state index >= 15 is 0 Å². The molecule has 0 aliphatic carbocycles. The number of Topliss-reactive ketones (excluding diaryl/α,β-unsaturated/α-hetero) is 1. The lowest BCUT2D eigenvalue weighted by Gasteiger charge is -2.12. The molecule has 0 fully saturated rings. The van der Waals surface area contributed by atoms with Gasteiger partial charge in [-0.25, -0.2) is 4.79 Å². The lowest BCUT2D eigenvalue weighted by Crippen LogP contribution is -2.36. The van der Waals surface area contributed by atoms with Crippen molar-refractivity contribution in [2.45, 2.75) is 13.1 Å². The second-order valence-corrected chi connectivity index (χ2v) is 1.98. The first-order valence-corrected chi connectivity index (χ1v) is 2.70. The van der Waals surface area contributed by atoms with E-state index in [2.05, 4.69) is 4.94 Å². The average Bonchev–Trinajstić information content (AvgIpc) is 1.83. The third kappa shape index (κ3) is 2.48. The first kappa shape index (κ1) is 10.9. The summed E-state index contributed by atoms with van der Waals surface area (Å²) in [6.07, 6.45) is -5.10. The normalized spacial score (nSPS) is 13.8. The molecule has 0 aliphatic rings. The molecule has 0 N–H and O–H groups in total. The molecule has 0 rings (SSSR count). The van der Waals surface area contributed by atoms with Crippen molar-refractivity contribution in [2.24, 2.45) is 5.92 Å². The van der Waals surface area contributed by atoms with Crippen LogP contribution in [-0.4, -0.2) is 17.9 Å². The Hall–Kier alpha value is -1.14. The SMILES string of the molecule is CC(=O)C(C(=O)OF)C(F)(F)F. The van der Waals surface area contributed by atoms with Crippen LogP contribution in [0.3, 0.4) is 0 Å². The Balaban J connectivity index is 4.68. The summed E-state index contributed by atoms with van der Waals surface area (Å²) < 4.78 is 46.2. The zero-order valence-electron chi connectivity index (χ0n) is 5.81. The van der Waals surface area contributed by atoms with Gasteiger partial charge >= 0.3 is 12.1 Å². The number of rotatable bonds is 2. The molecule has 0 amide bonds. The van der Waals surface area contributed by atoms with Crippen molar-refractivity contribution in [3.63, 3.8) is 0 Å². The number of carbonyl (C=O) groups is 2. The second kappa shape index (κ2) is 3.51. The van der Waals surface area contributed by atoms with Crippen LogP contribution in [0.5, 0.6) is 0 Å². The summed E-state index contributed by atoms with van der Waals surface area (Å²) in [5, 5.41) is 0. The van der Waals surface area contributed by atoms with E-state index in [-0.39, 0.29) is 0 Å². The van der Waals surface area contributed by atoms with Gasteiger partial charge in [0.05, 0.1) is 0 Å². The van der Waals surface area contributed by atoms with E-state index in [4.69, 9.17) is 0 Å². The minimum atomic E-state index is -5.10. The van der Waals surface area contributed by atoms with Crippen molar-refractivity contribution < 1.29 is 32.2 Å². The summed E-state index contributed by atoms with van der Waals surface area (Å²) in [7, 11) is 0. The van der Waals surface area contributed by atoms with Crippen LogP contribution in [0, 0.1) is 5.92 Å². The topological polar surface area (TPSA) is 43.4 Å². The maximum Gasteiger partial charge on any atom is 0.409 e. The minimum Gasteiger partial charge on any atom is -0.299 e. The first-order chi connectivity index (χ1) is 5.30. The van der Waals surface area contributed by atoms with Crippen molar-refractivity contribution in [1.82, 2.24) is 0 Å². The van der Waals surface area contributed by atoms with Gasteiger partial charge in [0, 0.05) is 4.53 Å². The molecule has 0 aliphatic heterocycles. The van der Waals surface area contributed by atoms with Crippen LogP contribution < -0.4 is 0 Å². The smallest absolute Gasteiger partial charge is 0.299 e. The number of halogens is 4. The molecule has 0 aromatic heterocycles. The summed E-state index contributed by atoms with van der Waals surface area (Å²) in [4.78, 5) is 22.6. The third-order valence-corrected chi connectivity index (χ3v) is 1.05. The Morgan fingerprint density at radius 3 is 1.83 bits per heavy atom. The Morgan fingerprint density at radius 1 is 1.33 bits per heavy atom. The molecule has 0 aromatic carbocycles. The fraction of sp³-hybridized carbons (Fsp3) is 0.600. The van der Waals surface area contributed by atoms with E-state index in [1.165, 1.54) is 0 Å². The van der Waals surface area contributed by atoms with Crippen LogP contribution in [0.25, 0.3) is 0 Å². The standard InChI is InChI=1S/C5H4F4O3/c1-2(10)3(4(11)12-9)5(6,7)8/h3H,1H3. The Morgan fingerprint density at radius 2 is 1.75 bits per heavy atom. The third-order valence-electron chi connectivity index (χ3n) is 1.05. The largest absolute Gasteiger partial charge is 0.409 e. The van der Waals surface area contributed by atoms with Gasteiger partial charge in [0.1, 0.15) is 0 Å². The fourth-order valence-electron chi connectivity index (χ4n) is 0.575. The molecule has 0 radical (unpaired) electrons. The maximum atomic E-state index is 11.7. The highest BCUT2D eigenvalue weighted by atomic mass is 19.4. The number of carbonyl (C=O) groups excluding carboxylic acids is 2. The summed E-state index contributed by atoms with van der Waals surface area (Å²) in [6, 6.07) is 0. The zero-order valence-corrected chi connectivity index (χ0v) is 5.81. The van der Waals surface area contributed by atoms with Crippen LogP contribution in [0.4, 0.5) is 17.7 Å². The van der Waals surface area contributed by atoms with Crippen molar-refractivity contribution in [2.75, 3.05) is 0 Å². The van der Waals surface area contributed by atoms with Crippen molar-refractivity contribution in [3.8, 4) is 0 Å². The summed E-state index contributed by atoms with van der Waals surface area (Å²) in [5.74, 6) is -6.78. The maximum absolute atomic E-state index is 11.7. The van der Waals surface area contributed by atoms with Crippen LogP contribution in [0.15, 0.2) is 0 Å². The van der Waals surface area contributed by atoms with E-state index < -0.39 is 23.8 Å². The molecule has 1 atom stereocenters. The van der Waals surface area contributed by atoms with E-state index in [0.29, 0.717) is 6.92 Å². The molecule has 0 saturated heterocycles. The fourth-order valence-corrected chi connectivity index (χ4v) is 0.575. The van der Waals surface area contributed by atoms with Gasteiger partial charge in [-0.3, -0.25) is 9.74 Å². The molecule has 1 unspecified atom stereocenters. The molecule has 3 nitrogen and oxygen atoms in total. The first-order valence-electron chi connectivity index (χ1n) is 2.70. The van der Waals surface area contributed by atoms with Gasteiger partial charge in [-0.05, 0) is 6.92 Å². The molecule has 0 aromatic rings. The number of hydrogen-bond donors (Lipinski definition) is 0. The van der Waals surface area contributed by atoms with Gasteiger partial charge in [-0.1, -0.05) is 0 Å². The quantitative estimate of drug-likeness (QED) is 0.482. The molecule has 12 heavy (non-hydrogen) atoms. The molecule has 0 saturated carbocycles. The Kier molecular flexibility index (Phi) is 3.17. The molecular weight excluding hydrogens is 184 g/mol. The minimum absolute atomic E-state index is 0.523. The van der Waals surface area contributed by atoms with E-state index in [9.17, 15) is 27.3 Å². The zero-order chi connectivity index (χ0) is 9.94. The monoisotopic (exact) mass is 188 g/mol. The highest BCUT2D eigenvalue weighted by molar-refractivity contribution is 5.98. The number of ketones is 1. The average molecular weight is 188 g/mol. The molecular formula is C5H4F4O3. The van der Waals surface area contributed by atoms with E-state index in [1.54, 1.807) is 0 Å². The van der Waals surface area contributed by atoms with Crippen molar-refractivity contribution >= 4 is 11.8 Å². The molecule has 0 spiro atoms. The van der Waals surface area contributed by atoms with Gasteiger partial charge in [0.15, 0.2) is 5.78 Å². The van der Waals surface area contributed by atoms with Gasteiger partial charge in [-0.15, -0.1) is 0 Å². The summed E-state index contributed by atoms with van der Waals surface area (Å²) >= 11 is 0. The molecule has 0 heterocycles. The predicted molar refractivity (Wildman–Crippen MR) is 27.4 cm³/mol. The number of alkyl halides is 3. The Bertz CT molecular complexity index is 197. The van der Waals surface area contributed by atoms with Crippen molar-refractivity contribution in [1.29, 1.82) is 0 Å².